The van der Waals surface area contributed by atoms with Gasteiger partial charge in [0.1, 0.15) is 23.3 Å². The van der Waals surface area contributed by atoms with Crippen LogP contribution in [0.5, 0.6) is 17.2 Å². The molecule has 0 aromatic heterocycles. The number of ether oxygens (including phenoxy) is 3. The Kier molecular flexibility index (Phi) is 7.29. The van der Waals surface area contributed by atoms with E-state index in [9.17, 15) is 18.0 Å². The summed E-state index contributed by atoms with van der Waals surface area (Å²) in [5.41, 5.74) is 2.38. The summed E-state index contributed by atoms with van der Waals surface area (Å²) in [4.78, 5) is 15.4. The number of hydrogen-bond acceptors (Lipinski definition) is 5. The minimum Gasteiger partial charge on any atom is -0.497 e. The van der Waals surface area contributed by atoms with Gasteiger partial charge in [-0.25, -0.2) is 0 Å². The Balaban J connectivity index is 1.45. The molecule has 0 saturated heterocycles. The molecule has 0 bridgehead atoms. The number of nitrogens with one attached hydrogen (secondary N) is 1. The van der Waals surface area contributed by atoms with Gasteiger partial charge in [-0.2, -0.15) is 0 Å². The van der Waals surface area contributed by atoms with Crippen molar-refractivity contribution in [1.82, 2.24) is 0 Å². The van der Waals surface area contributed by atoms with Crippen molar-refractivity contribution in [3.8, 4) is 17.2 Å². The zero-order valence-electron chi connectivity index (χ0n) is 20.6. The van der Waals surface area contributed by atoms with Gasteiger partial charge in [0.15, 0.2) is 0 Å². The molecule has 1 amide bonds. The first-order valence-electron chi connectivity index (χ1n) is 12.2. The summed E-state index contributed by atoms with van der Waals surface area (Å²) in [5, 5.41) is 3.80. The van der Waals surface area contributed by atoms with Crippen LogP contribution in [-0.4, -0.2) is 32.5 Å². The van der Waals surface area contributed by atoms with Crippen LogP contribution in [0.15, 0.2) is 60.7 Å². The molecule has 1 fully saturated rings. The molecule has 0 radical (unpaired) electrons. The second kappa shape index (κ2) is 10.6. The van der Waals surface area contributed by atoms with Crippen LogP contribution in [0.3, 0.4) is 0 Å². The molecule has 3 aromatic rings. The van der Waals surface area contributed by atoms with Gasteiger partial charge in [0.25, 0.3) is 5.91 Å². The van der Waals surface area contributed by atoms with Crippen molar-refractivity contribution in [3.63, 3.8) is 0 Å². The van der Waals surface area contributed by atoms with E-state index in [1.54, 1.807) is 55.6 Å². The number of halogens is 4. The lowest BCUT2D eigenvalue weighted by molar-refractivity contribution is -0.274. The maximum Gasteiger partial charge on any atom is 0.573 e. The molecule has 10 heteroatoms. The van der Waals surface area contributed by atoms with E-state index in [-0.39, 0.29) is 11.7 Å². The van der Waals surface area contributed by atoms with E-state index in [0.717, 1.165) is 18.4 Å². The van der Waals surface area contributed by atoms with Crippen LogP contribution >= 0.6 is 11.6 Å². The largest absolute Gasteiger partial charge is 0.573 e. The first-order chi connectivity index (χ1) is 18.2. The van der Waals surface area contributed by atoms with E-state index in [0.29, 0.717) is 59.0 Å². The zero-order chi connectivity index (χ0) is 26.9. The fourth-order valence-corrected chi connectivity index (χ4v) is 4.53. The van der Waals surface area contributed by atoms with Crippen molar-refractivity contribution in [2.75, 3.05) is 30.5 Å². The molecule has 1 heterocycles. The molecule has 6 nitrogen and oxygen atoms in total. The molecule has 1 unspecified atom stereocenters. The smallest absolute Gasteiger partial charge is 0.497 e. The Labute approximate surface area is 223 Å². The number of nitrogens with zero attached hydrogens (tertiary/aromatic N) is 1. The Morgan fingerprint density at radius 2 is 1.79 bits per heavy atom. The van der Waals surface area contributed by atoms with Crippen LogP contribution in [0.4, 0.5) is 24.5 Å². The SMILES string of the molecule is COc1cc(NC(C(=O)N2CCc3ccc(OC(F)(F)F)cc32)c2ccc(Cl)cc2)cc(OCC2CC2)c1. The molecule has 3 aromatic carbocycles. The van der Waals surface area contributed by atoms with Crippen molar-refractivity contribution in [2.45, 2.75) is 31.7 Å². The lowest BCUT2D eigenvalue weighted by Crippen LogP contribution is -2.37. The van der Waals surface area contributed by atoms with Crippen molar-refractivity contribution < 1.29 is 32.2 Å². The quantitative estimate of drug-likeness (QED) is 0.321. The number of hydrogen-bond donors (Lipinski definition) is 1. The summed E-state index contributed by atoms with van der Waals surface area (Å²) in [6.07, 6.45) is -2.02. The number of anilines is 2. The summed E-state index contributed by atoms with van der Waals surface area (Å²) in [6, 6.07) is 15.4. The highest BCUT2D eigenvalue weighted by Crippen LogP contribution is 2.37. The van der Waals surface area contributed by atoms with Crippen LogP contribution in [0, 0.1) is 5.92 Å². The number of carbonyl (C=O) groups excluding carboxylic acids is 1. The normalized spacial score (nSPS) is 15.6. The van der Waals surface area contributed by atoms with Crippen LogP contribution in [-0.2, 0) is 11.2 Å². The Bertz CT molecular complexity index is 1310. The number of amides is 1. The van der Waals surface area contributed by atoms with Gasteiger partial charge in [-0.1, -0.05) is 29.8 Å². The van der Waals surface area contributed by atoms with E-state index in [2.05, 4.69) is 10.1 Å². The summed E-state index contributed by atoms with van der Waals surface area (Å²) in [5.74, 6) is 1.02. The molecule has 1 aliphatic heterocycles. The molecule has 1 atom stereocenters. The molecule has 38 heavy (non-hydrogen) atoms. The molecule has 5 rings (SSSR count). The molecule has 0 spiro atoms. The average molecular weight is 547 g/mol. The third-order valence-electron chi connectivity index (χ3n) is 6.51. The highest BCUT2D eigenvalue weighted by atomic mass is 35.5. The average Bonchev–Trinajstić information content (AvgIpc) is 3.62. The number of fused-ring (bicyclic) bond motifs is 1. The third kappa shape index (κ3) is 6.27. The standard InChI is InChI=1S/C28H26ClF3N2O4/c1-36-23-12-21(13-24(14-23)37-16-17-2-3-17)33-26(19-4-7-20(29)8-5-19)27(35)34-11-10-18-6-9-22(15-25(18)34)38-28(30,31)32/h4-9,12-15,17,26,33H,2-3,10-11,16H2,1H3. The van der Waals surface area contributed by atoms with Crippen molar-refractivity contribution in [2.24, 2.45) is 5.92 Å². The molecule has 200 valence electrons. The van der Waals surface area contributed by atoms with Crippen LogP contribution in [0.1, 0.15) is 30.0 Å². The van der Waals surface area contributed by atoms with Crippen LogP contribution < -0.4 is 24.4 Å². The summed E-state index contributed by atoms with van der Waals surface area (Å²) in [6.45, 7) is 0.933. The predicted molar refractivity (Wildman–Crippen MR) is 138 cm³/mol. The number of carbonyl (C=O) groups is 1. The van der Waals surface area contributed by atoms with Crippen molar-refractivity contribution in [1.29, 1.82) is 0 Å². The van der Waals surface area contributed by atoms with Crippen LogP contribution in [0.2, 0.25) is 5.02 Å². The fourth-order valence-electron chi connectivity index (χ4n) is 4.41. The van der Waals surface area contributed by atoms with E-state index < -0.39 is 12.4 Å². The highest BCUT2D eigenvalue weighted by molar-refractivity contribution is 6.30. The number of alkyl halides is 3. The third-order valence-corrected chi connectivity index (χ3v) is 6.76. The molecule has 1 N–H and O–H groups in total. The van der Waals surface area contributed by atoms with Gasteiger partial charge in [-0.3, -0.25) is 4.79 Å². The van der Waals surface area contributed by atoms with Crippen molar-refractivity contribution in [3.05, 3.63) is 76.8 Å². The fraction of sp³-hybridized carbons (Fsp3) is 0.321. The number of benzene rings is 3. The van der Waals surface area contributed by atoms with E-state index >= 15 is 0 Å². The second-order valence-electron chi connectivity index (χ2n) is 9.36. The van der Waals surface area contributed by atoms with Gasteiger partial charge in [-0.05, 0) is 54.5 Å². The van der Waals surface area contributed by atoms with E-state index in [1.807, 2.05) is 0 Å². The molecular weight excluding hydrogens is 521 g/mol. The summed E-state index contributed by atoms with van der Waals surface area (Å²) >= 11 is 6.09. The zero-order valence-corrected chi connectivity index (χ0v) is 21.3. The molecule has 1 saturated carbocycles. The molecular formula is C28H26ClF3N2O4. The second-order valence-corrected chi connectivity index (χ2v) is 9.80. The molecule has 2 aliphatic rings. The summed E-state index contributed by atoms with van der Waals surface area (Å²) < 4.78 is 54.0. The lowest BCUT2D eigenvalue weighted by Gasteiger charge is -2.26. The Morgan fingerprint density at radius 1 is 1.05 bits per heavy atom. The van der Waals surface area contributed by atoms with E-state index in [1.165, 1.54) is 17.0 Å². The van der Waals surface area contributed by atoms with Gasteiger partial charge in [-0.15, -0.1) is 13.2 Å². The van der Waals surface area contributed by atoms with Gasteiger partial charge in [0, 0.05) is 41.5 Å². The van der Waals surface area contributed by atoms with Gasteiger partial charge < -0.3 is 24.4 Å². The molecule has 1 aliphatic carbocycles. The number of rotatable bonds is 9. The van der Waals surface area contributed by atoms with Gasteiger partial charge >= 0.3 is 6.36 Å². The maximum atomic E-state index is 14.0. The van der Waals surface area contributed by atoms with Gasteiger partial charge in [0.05, 0.1) is 19.4 Å². The minimum absolute atomic E-state index is 0.323. The Hall–Kier alpha value is -3.59. The highest BCUT2D eigenvalue weighted by Gasteiger charge is 2.34. The Morgan fingerprint density at radius 3 is 2.47 bits per heavy atom. The first kappa shape index (κ1) is 26.0. The monoisotopic (exact) mass is 546 g/mol. The number of methoxy groups -OCH3 is 1. The van der Waals surface area contributed by atoms with E-state index in [4.69, 9.17) is 21.1 Å². The van der Waals surface area contributed by atoms with Gasteiger partial charge in [0.2, 0.25) is 0 Å². The minimum atomic E-state index is -4.83. The summed E-state index contributed by atoms with van der Waals surface area (Å²) in [7, 11) is 1.55. The first-order valence-corrected chi connectivity index (χ1v) is 12.6. The van der Waals surface area contributed by atoms with Crippen molar-refractivity contribution >= 4 is 28.9 Å². The predicted octanol–water partition coefficient (Wildman–Crippen LogP) is 6.78. The lowest BCUT2D eigenvalue weighted by atomic mass is 10.0. The topological polar surface area (TPSA) is 60.0 Å². The maximum absolute atomic E-state index is 14.0. The van der Waals surface area contributed by atoms with Crippen LogP contribution in [0.25, 0.3) is 0 Å².